The maximum absolute atomic E-state index is 14.9. The van der Waals surface area contributed by atoms with Crippen LogP contribution in [0.5, 0.6) is 5.75 Å². The molecule has 2 aliphatic rings. The molecule has 37 heavy (non-hydrogen) atoms. The lowest BCUT2D eigenvalue weighted by Crippen LogP contribution is -2.42. The molecule has 2 aromatic heterocycles. The summed E-state index contributed by atoms with van der Waals surface area (Å²) in [4.78, 5) is 22.4. The largest absolute Gasteiger partial charge is 0.482 e. The molecule has 3 N–H and O–H groups in total. The first-order valence-corrected chi connectivity index (χ1v) is 12.4. The maximum Gasteiger partial charge on any atom is 0.251 e. The highest BCUT2D eigenvalue weighted by Crippen LogP contribution is 2.31. The van der Waals surface area contributed by atoms with Gasteiger partial charge < -0.3 is 24.9 Å². The highest BCUT2D eigenvalue weighted by Gasteiger charge is 2.26. The molecule has 1 aliphatic heterocycles. The first-order chi connectivity index (χ1) is 18.0. The fourth-order valence-electron chi connectivity index (χ4n) is 4.48. The van der Waals surface area contributed by atoms with Gasteiger partial charge in [-0.2, -0.15) is 4.39 Å². The minimum Gasteiger partial charge on any atom is -0.482 e. The van der Waals surface area contributed by atoms with Crippen LogP contribution >= 0.6 is 0 Å². The summed E-state index contributed by atoms with van der Waals surface area (Å²) in [7, 11) is 0. The Hall–Kier alpha value is -3.57. The maximum atomic E-state index is 14.9. The van der Waals surface area contributed by atoms with Crippen molar-refractivity contribution >= 4 is 11.7 Å². The number of hydrogen-bond donors (Lipinski definition) is 3. The van der Waals surface area contributed by atoms with Crippen LogP contribution in [-0.4, -0.2) is 57.7 Å². The van der Waals surface area contributed by atoms with Gasteiger partial charge in [0.2, 0.25) is 5.82 Å². The third-order valence-electron chi connectivity index (χ3n) is 6.75. The van der Waals surface area contributed by atoms with Crippen molar-refractivity contribution in [1.29, 1.82) is 0 Å². The number of fused-ring (bicyclic) bond motifs is 1. The summed E-state index contributed by atoms with van der Waals surface area (Å²) in [5.41, 5.74) is 1.36. The van der Waals surface area contributed by atoms with Crippen molar-refractivity contribution in [2.45, 2.75) is 51.0 Å². The molecule has 1 unspecified atom stereocenters. The van der Waals surface area contributed by atoms with E-state index in [4.69, 9.17) is 9.15 Å². The van der Waals surface area contributed by atoms with Gasteiger partial charge >= 0.3 is 0 Å². The van der Waals surface area contributed by atoms with Crippen LogP contribution in [-0.2, 0) is 19.6 Å². The number of benzene rings is 1. The van der Waals surface area contributed by atoms with E-state index in [1.165, 1.54) is 25.1 Å². The average molecular weight is 514 g/mol. The number of rotatable bonds is 10. The van der Waals surface area contributed by atoms with E-state index in [2.05, 4.69) is 20.6 Å². The predicted octanol–water partition coefficient (Wildman–Crippen LogP) is 3.04. The van der Waals surface area contributed by atoms with E-state index in [0.29, 0.717) is 41.7 Å². The second kappa shape index (κ2) is 11.2. The van der Waals surface area contributed by atoms with Gasteiger partial charge in [-0.3, -0.25) is 9.69 Å². The second-order valence-corrected chi connectivity index (χ2v) is 9.45. The number of nitrogens with one attached hydrogen (secondary N) is 2. The molecular formula is C26H29F2N5O4. The molecule has 9 nitrogen and oxygen atoms in total. The van der Waals surface area contributed by atoms with E-state index in [1.807, 2.05) is 4.90 Å². The van der Waals surface area contributed by atoms with Crippen molar-refractivity contribution in [3.63, 3.8) is 0 Å². The Balaban J connectivity index is 1.13. The Bertz CT molecular complexity index is 1240. The highest BCUT2D eigenvalue weighted by molar-refractivity contribution is 5.94. The number of aromatic nitrogens is 2. The molecule has 0 saturated heterocycles. The third kappa shape index (κ3) is 6.05. The van der Waals surface area contributed by atoms with Gasteiger partial charge in [-0.1, -0.05) is 0 Å². The van der Waals surface area contributed by atoms with Crippen LogP contribution in [0.25, 0.3) is 0 Å². The van der Waals surface area contributed by atoms with Gasteiger partial charge in [0.05, 0.1) is 12.3 Å². The first kappa shape index (κ1) is 25.1. The van der Waals surface area contributed by atoms with Crippen LogP contribution in [0.1, 0.15) is 46.5 Å². The summed E-state index contributed by atoms with van der Waals surface area (Å²) in [6.07, 6.45) is 7.24. The number of anilines is 1. The number of hydrogen-bond acceptors (Lipinski definition) is 8. The van der Waals surface area contributed by atoms with Gasteiger partial charge in [0.25, 0.3) is 5.91 Å². The average Bonchev–Trinajstić information content (AvgIpc) is 3.40. The monoisotopic (exact) mass is 513 g/mol. The van der Waals surface area contributed by atoms with Crippen LogP contribution in [0, 0.1) is 11.6 Å². The number of ether oxygens (including phenoxy) is 1. The molecule has 196 valence electrons. The molecule has 1 aliphatic carbocycles. The molecule has 0 spiro atoms. The molecule has 1 fully saturated rings. The fraction of sp³-hybridized carbons (Fsp3) is 0.423. The molecule has 5 rings (SSSR count). The zero-order valence-corrected chi connectivity index (χ0v) is 20.3. The molecule has 1 aromatic carbocycles. The number of aliphatic hydroxyl groups excluding tert-OH is 1. The zero-order chi connectivity index (χ0) is 25.8. The van der Waals surface area contributed by atoms with Crippen molar-refractivity contribution in [2.75, 3.05) is 25.0 Å². The Morgan fingerprint density at radius 2 is 2.16 bits per heavy atom. The van der Waals surface area contributed by atoms with E-state index in [0.717, 1.165) is 12.8 Å². The summed E-state index contributed by atoms with van der Waals surface area (Å²) < 4.78 is 39.9. The van der Waals surface area contributed by atoms with Gasteiger partial charge in [0, 0.05) is 49.5 Å². The van der Waals surface area contributed by atoms with E-state index in [9.17, 15) is 18.7 Å². The van der Waals surface area contributed by atoms with Gasteiger partial charge in [-0.05, 0) is 49.4 Å². The summed E-state index contributed by atoms with van der Waals surface area (Å²) in [6.45, 7) is 0.866. The molecule has 3 aromatic rings. The molecule has 0 radical (unpaired) electrons. The van der Waals surface area contributed by atoms with E-state index < -0.39 is 17.7 Å². The number of nitrogens with zero attached hydrogens (tertiary/aromatic N) is 3. The Labute approximate surface area is 212 Å². The number of amides is 1. The van der Waals surface area contributed by atoms with Gasteiger partial charge in [-0.25, -0.2) is 14.4 Å². The first-order valence-electron chi connectivity index (χ1n) is 12.4. The topological polar surface area (TPSA) is 113 Å². The fourth-order valence-corrected chi connectivity index (χ4v) is 4.48. The molecule has 3 heterocycles. The number of β-amino-alcohol motifs (C(OH)–C–C–N with tert-alkyl or cyclic N) is 1. The van der Waals surface area contributed by atoms with Gasteiger partial charge in [0.15, 0.2) is 23.7 Å². The van der Waals surface area contributed by atoms with Crippen LogP contribution < -0.4 is 15.4 Å². The Morgan fingerprint density at radius 3 is 2.92 bits per heavy atom. The number of oxazole rings is 1. The van der Waals surface area contributed by atoms with E-state index in [1.54, 1.807) is 18.3 Å². The molecule has 1 atom stereocenters. The van der Waals surface area contributed by atoms with Crippen molar-refractivity contribution in [3.05, 3.63) is 71.1 Å². The highest BCUT2D eigenvalue weighted by atomic mass is 19.2. The smallest absolute Gasteiger partial charge is 0.251 e. The Kier molecular flexibility index (Phi) is 7.61. The van der Waals surface area contributed by atoms with Crippen LogP contribution in [0.4, 0.5) is 14.6 Å². The van der Waals surface area contributed by atoms with E-state index >= 15 is 0 Å². The third-order valence-corrected chi connectivity index (χ3v) is 6.75. The standard InChI is InChI=1S/C26H29F2N5O4/c27-24-21-13-33(7-5-16(21)8-22(25(24)28)36-14-20-11-29-15-37-20)12-19(34)10-31-26(35)17-4-6-30-23(9-17)32-18-2-1-3-18/h4,6,8-9,11,15,18-19,34H,1-3,5,7,10,12-14H2,(H,30,32)(H,31,35). The molecule has 1 saturated carbocycles. The molecule has 0 bridgehead atoms. The summed E-state index contributed by atoms with van der Waals surface area (Å²) in [5.74, 6) is -1.44. The number of pyridine rings is 1. The number of halogens is 2. The number of carbonyl (C=O) groups is 1. The number of aliphatic hydroxyl groups is 1. The lowest BCUT2D eigenvalue weighted by molar-refractivity contribution is 0.0838. The summed E-state index contributed by atoms with van der Waals surface area (Å²) in [6, 6.07) is 5.23. The van der Waals surface area contributed by atoms with E-state index in [-0.39, 0.29) is 43.5 Å². The predicted molar refractivity (Wildman–Crippen MR) is 130 cm³/mol. The SMILES string of the molecule is O=C(NCC(O)CN1CCc2cc(OCc3cnco3)c(F)c(F)c2C1)c1ccnc(NC2CCC2)c1. The van der Waals surface area contributed by atoms with Crippen LogP contribution in [0.3, 0.4) is 0 Å². The van der Waals surface area contributed by atoms with Crippen molar-refractivity contribution in [1.82, 2.24) is 20.2 Å². The lowest BCUT2D eigenvalue weighted by Gasteiger charge is -2.31. The zero-order valence-electron chi connectivity index (χ0n) is 20.3. The van der Waals surface area contributed by atoms with Gasteiger partial charge in [0.1, 0.15) is 12.4 Å². The summed E-state index contributed by atoms with van der Waals surface area (Å²) >= 11 is 0. The quantitative estimate of drug-likeness (QED) is 0.379. The Morgan fingerprint density at radius 1 is 1.30 bits per heavy atom. The number of carbonyl (C=O) groups excluding carboxylic acids is 1. The minimum atomic E-state index is -1.06. The molecule has 11 heteroatoms. The van der Waals surface area contributed by atoms with Crippen molar-refractivity contribution in [2.24, 2.45) is 0 Å². The van der Waals surface area contributed by atoms with Crippen LogP contribution in [0.2, 0.25) is 0 Å². The second-order valence-electron chi connectivity index (χ2n) is 9.45. The minimum absolute atomic E-state index is 0.0289. The lowest BCUT2D eigenvalue weighted by atomic mass is 9.93. The van der Waals surface area contributed by atoms with Crippen LogP contribution in [0.15, 0.2) is 41.4 Å². The summed E-state index contributed by atoms with van der Waals surface area (Å²) in [5, 5.41) is 16.5. The molecular weight excluding hydrogens is 484 g/mol. The van der Waals surface area contributed by atoms with Crippen molar-refractivity contribution in [3.8, 4) is 5.75 Å². The normalized spacial score (nSPS) is 16.5. The van der Waals surface area contributed by atoms with Gasteiger partial charge in [-0.15, -0.1) is 0 Å². The van der Waals surface area contributed by atoms with Crippen molar-refractivity contribution < 1.29 is 27.8 Å². The molecule has 1 amide bonds.